The number of carboxylic acids is 1. The molecule has 0 bridgehead atoms. The van der Waals surface area contributed by atoms with Gasteiger partial charge in [-0.1, -0.05) is 177 Å². The van der Waals surface area contributed by atoms with Crippen molar-refractivity contribution in [2.24, 2.45) is 0 Å². The van der Waals surface area contributed by atoms with Crippen molar-refractivity contribution in [3.05, 3.63) is 72.9 Å². The molecule has 0 heterocycles. The second-order valence-electron chi connectivity index (χ2n) is 18.0. The van der Waals surface area contributed by atoms with Crippen molar-refractivity contribution >= 4 is 17.9 Å². The van der Waals surface area contributed by atoms with Crippen LogP contribution >= 0.6 is 0 Å². The van der Waals surface area contributed by atoms with E-state index in [0.29, 0.717) is 12.8 Å². The average Bonchev–Trinajstić information content (AvgIpc) is 3.24. The molecule has 0 fully saturated rings. The van der Waals surface area contributed by atoms with Gasteiger partial charge in [0.2, 0.25) is 0 Å². The number of carbonyl (C=O) groups is 3. The lowest BCUT2D eigenvalue weighted by atomic mass is 10.1. The standard InChI is InChI=1S/C55H95NO7/c1-6-8-10-12-14-16-18-20-22-24-25-26-27-28-29-30-32-34-36-38-40-42-44-46-54(58)63-51(49-61-48-47-52(55(59)60)56(3,4)5)50-62-53(57)45-43-41-39-37-35-33-31-23-21-19-17-15-13-11-9-7-2/h9,11,15,17,21,23,25-26,28-29,33,35,51-52H,6-8,10,12-14,16,18-20,22,24,27,30-32,34,36-50H2,1-5H3/b11-9+,17-15+,23-21+,26-25+,29-28+,35-33+. The number of unbranched alkanes of at least 4 members (excludes halogenated alkanes) is 19. The van der Waals surface area contributed by atoms with Crippen LogP contribution in [0, 0.1) is 0 Å². The normalized spacial score (nSPS) is 13.5. The smallest absolute Gasteiger partial charge is 0.306 e. The number of hydrogen-bond acceptors (Lipinski definition) is 7. The minimum Gasteiger partial charge on any atom is -0.544 e. The molecule has 0 aromatic carbocycles. The molecule has 362 valence electrons. The van der Waals surface area contributed by atoms with Crippen LogP contribution in [0.2, 0.25) is 0 Å². The number of allylic oxidation sites excluding steroid dienone is 12. The van der Waals surface area contributed by atoms with Crippen LogP contribution in [0.1, 0.15) is 206 Å². The van der Waals surface area contributed by atoms with E-state index in [-0.39, 0.29) is 42.7 Å². The topological polar surface area (TPSA) is 102 Å². The Labute approximate surface area is 387 Å². The second kappa shape index (κ2) is 45.3. The van der Waals surface area contributed by atoms with Gasteiger partial charge in [-0.05, 0) is 83.5 Å². The predicted molar refractivity (Wildman–Crippen MR) is 263 cm³/mol. The van der Waals surface area contributed by atoms with Gasteiger partial charge >= 0.3 is 11.9 Å². The van der Waals surface area contributed by atoms with E-state index in [1.165, 1.54) is 83.5 Å². The number of ether oxygens (including phenoxy) is 3. The maximum Gasteiger partial charge on any atom is 0.306 e. The first-order valence-electron chi connectivity index (χ1n) is 25.5. The van der Waals surface area contributed by atoms with Crippen LogP contribution in [0.5, 0.6) is 0 Å². The van der Waals surface area contributed by atoms with Crippen molar-refractivity contribution < 1.29 is 38.2 Å². The van der Waals surface area contributed by atoms with Crippen LogP contribution in [0.25, 0.3) is 0 Å². The summed E-state index contributed by atoms with van der Waals surface area (Å²) in [4.78, 5) is 37.0. The van der Waals surface area contributed by atoms with Crippen LogP contribution in [0.15, 0.2) is 72.9 Å². The molecule has 0 aliphatic rings. The van der Waals surface area contributed by atoms with Gasteiger partial charge in [0.05, 0.1) is 40.3 Å². The lowest BCUT2D eigenvalue weighted by molar-refractivity contribution is -0.889. The molecule has 0 aromatic rings. The quantitative estimate of drug-likeness (QED) is 0.0260. The first-order valence-corrected chi connectivity index (χ1v) is 25.5. The predicted octanol–water partition coefficient (Wildman–Crippen LogP) is 13.4. The van der Waals surface area contributed by atoms with E-state index in [0.717, 1.165) is 89.9 Å². The third-order valence-corrected chi connectivity index (χ3v) is 11.1. The van der Waals surface area contributed by atoms with Crippen molar-refractivity contribution in [2.45, 2.75) is 219 Å². The Morgan fingerprint density at radius 1 is 0.492 bits per heavy atom. The van der Waals surface area contributed by atoms with Crippen molar-refractivity contribution in [1.82, 2.24) is 0 Å². The third kappa shape index (κ3) is 43.8. The average molecular weight is 882 g/mol. The molecular weight excluding hydrogens is 787 g/mol. The Hall–Kier alpha value is -3.23. The number of aliphatic carboxylic acids is 1. The zero-order valence-corrected chi connectivity index (χ0v) is 41.2. The second-order valence-corrected chi connectivity index (χ2v) is 18.0. The summed E-state index contributed by atoms with van der Waals surface area (Å²) in [5.41, 5.74) is 0. The maximum absolute atomic E-state index is 12.8. The van der Waals surface area contributed by atoms with Gasteiger partial charge in [0, 0.05) is 19.3 Å². The van der Waals surface area contributed by atoms with Gasteiger partial charge in [-0.25, -0.2) is 0 Å². The van der Waals surface area contributed by atoms with Gasteiger partial charge in [0.1, 0.15) is 12.6 Å². The van der Waals surface area contributed by atoms with Crippen LogP contribution in [0.3, 0.4) is 0 Å². The molecule has 8 heteroatoms. The first-order chi connectivity index (χ1) is 30.6. The minimum atomic E-state index is -1.13. The molecule has 8 nitrogen and oxygen atoms in total. The number of quaternary nitrogens is 1. The molecule has 0 aliphatic carbocycles. The SMILES string of the molecule is CC/C=C/C/C=C/C/C=C/C/C=C/CCCCCC(=O)OCC(COCCC(C(=O)[O-])[N+](C)(C)C)OC(=O)CCCCCCCCC/C=C/C/C=C/CCCCCCCCCCC. The van der Waals surface area contributed by atoms with Crippen LogP contribution in [-0.4, -0.2) is 75.5 Å². The molecule has 2 atom stereocenters. The number of hydrogen-bond donors (Lipinski definition) is 0. The summed E-state index contributed by atoms with van der Waals surface area (Å²) in [5.74, 6) is -1.79. The highest BCUT2D eigenvalue weighted by molar-refractivity contribution is 5.70. The van der Waals surface area contributed by atoms with Crippen LogP contribution < -0.4 is 5.11 Å². The molecule has 63 heavy (non-hydrogen) atoms. The molecule has 2 unspecified atom stereocenters. The summed E-state index contributed by atoms with van der Waals surface area (Å²) < 4.78 is 17.2. The van der Waals surface area contributed by atoms with E-state index >= 15 is 0 Å². The van der Waals surface area contributed by atoms with Crippen molar-refractivity contribution in [1.29, 1.82) is 0 Å². The fraction of sp³-hybridized carbons (Fsp3) is 0.727. The molecular formula is C55H95NO7. The molecule has 0 spiro atoms. The number of carbonyl (C=O) groups excluding carboxylic acids is 3. The van der Waals surface area contributed by atoms with E-state index in [1.54, 1.807) is 21.1 Å². The van der Waals surface area contributed by atoms with E-state index in [4.69, 9.17) is 14.2 Å². The van der Waals surface area contributed by atoms with Gasteiger partial charge in [-0.15, -0.1) is 0 Å². The third-order valence-electron chi connectivity index (χ3n) is 11.1. The Morgan fingerprint density at radius 3 is 1.33 bits per heavy atom. The number of esters is 2. The van der Waals surface area contributed by atoms with Gasteiger partial charge in [0.25, 0.3) is 0 Å². The number of nitrogens with zero attached hydrogens (tertiary/aromatic N) is 1. The molecule has 0 N–H and O–H groups in total. The number of carboxylic acid groups (broad SMARTS) is 1. The summed E-state index contributed by atoms with van der Waals surface area (Å²) in [7, 11) is 5.40. The fourth-order valence-electron chi connectivity index (χ4n) is 7.15. The number of rotatable bonds is 45. The largest absolute Gasteiger partial charge is 0.544 e. The number of likely N-dealkylation sites (N-methyl/N-ethyl adjacent to an activating group) is 1. The highest BCUT2D eigenvalue weighted by Crippen LogP contribution is 2.14. The molecule has 0 radical (unpaired) electrons. The van der Waals surface area contributed by atoms with E-state index in [9.17, 15) is 19.5 Å². The maximum atomic E-state index is 12.8. The zero-order chi connectivity index (χ0) is 46.3. The molecule has 0 aromatic heterocycles. The Kier molecular flexibility index (Phi) is 43.0. The fourth-order valence-corrected chi connectivity index (χ4v) is 7.15. The summed E-state index contributed by atoms with van der Waals surface area (Å²) >= 11 is 0. The summed E-state index contributed by atoms with van der Waals surface area (Å²) in [6, 6.07) is -0.736. The molecule has 0 saturated carbocycles. The molecule has 0 saturated heterocycles. The van der Waals surface area contributed by atoms with Crippen molar-refractivity contribution in [3.63, 3.8) is 0 Å². The molecule has 0 amide bonds. The van der Waals surface area contributed by atoms with E-state index in [2.05, 4.69) is 86.8 Å². The van der Waals surface area contributed by atoms with Gasteiger partial charge < -0.3 is 28.6 Å². The Bertz CT molecular complexity index is 1260. The Morgan fingerprint density at radius 2 is 0.889 bits per heavy atom. The first kappa shape index (κ1) is 59.8. The zero-order valence-electron chi connectivity index (χ0n) is 41.2. The van der Waals surface area contributed by atoms with Gasteiger partial charge in [-0.2, -0.15) is 0 Å². The van der Waals surface area contributed by atoms with Gasteiger partial charge in [0.15, 0.2) is 6.10 Å². The highest BCUT2D eigenvalue weighted by Gasteiger charge is 2.25. The lowest BCUT2D eigenvalue weighted by Crippen LogP contribution is -2.55. The minimum absolute atomic E-state index is 0.0239. The lowest BCUT2D eigenvalue weighted by Gasteiger charge is -2.34. The summed E-state index contributed by atoms with van der Waals surface area (Å²) in [6.45, 7) is 4.51. The van der Waals surface area contributed by atoms with Crippen LogP contribution in [0.4, 0.5) is 0 Å². The van der Waals surface area contributed by atoms with Crippen molar-refractivity contribution in [3.8, 4) is 0 Å². The highest BCUT2D eigenvalue weighted by atomic mass is 16.6. The van der Waals surface area contributed by atoms with E-state index < -0.39 is 18.1 Å². The van der Waals surface area contributed by atoms with Crippen molar-refractivity contribution in [2.75, 3.05) is 41.0 Å². The van der Waals surface area contributed by atoms with Gasteiger partial charge in [-0.3, -0.25) is 9.59 Å². The molecule has 0 aliphatic heterocycles. The van der Waals surface area contributed by atoms with Crippen LogP contribution in [-0.2, 0) is 28.6 Å². The molecule has 0 rings (SSSR count). The monoisotopic (exact) mass is 882 g/mol. The summed E-state index contributed by atoms with van der Waals surface area (Å²) in [5, 5.41) is 11.7. The Balaban J connectivity index is 4.30. The van der Waals surface area contributed by atoms with E-state index in [1.807, 2.05) is 0 Å². The summed E-state index contributed by atoms with van der Waals surface area (Å²) in [6.07, 6.45) is 57.9.